The number of rotatable bonds is 4. The fourth-order valence-corrected chi connectivity index (χ4v) is 2.94. The number of ether oxygens (including phenoxy) is 1. The number of aromatic nitrogens is 1. The van der Waals surface area contributed by atoms with Crippen molar-refractivity contribution >= 4 is 28.3 Å². The Kier molecular flexibility index (Phi) is 4.89. The molecule has 108 valence electrons. The first-order valence-electron chi connectivity index (χ1n) is 6.72. The topological polar surface area (TPSA) is 68.3 Å². The molecule has 0 fully saturated rings. The minimum atomic E-state index is -0.386. The summed E-state index contributed by atoms with van der Waals surface area (Å²) in [6, 6.07) is 0. The highest BCUT2D eigenvalue weighted by Gasteiger charge is 2.22. The normalized spacial score (nSPS) is 17.8. The van der Waals surface area contributed by atoms with Gasteiger partial charge in [0.2, 0.25) is 5.91 Å². The van der Waals surface area contributed by atoms with Gasteiger partial charge in [-0.05, 0) is 33.1 Å². The third-order valence-corrected chi connectivity index (χ3v) is 4.18. The van der Waals surface area contributed by atoms with Crippen LogP contribution in [-0.4, -0.2) is 23.5 Å². The van der Waals surface area contributed by atoms with Crippen molar-refractivity contribution in [2.24, 2.45) is 5.92 Å². The van der Waals surface area contributed by atoms with Crippen LogP contribution in [0.25, 0.3) is 0 Å². The molecule has 0 radical (unpaired) electrons. The van der Waals surface area contributed by atoms with Gasteiger partial charge in [0.25, 0.3) is 0 Å². The van der Waals surface area contributed by atoms with E-state index in [0.717, 1.165) is 30.6 Å². The summed E-state index contributed by atoms with van der Waals surface area (Å²) < 4.78 is 4.95. The van der Waals surface area contributed by atoms with Crippen molar-refractivity contribution in [3.8, 4) is 0 Å². The molecule has 5 nitrogen and oxygen atoms in total. The minimum Gasteiger partial charge on any atom is -0.462 e. The molecule has 1 amide bonds. The monoisotopic (exact) mass is 294 g/mol. The van der Waals surface area contributed by atoms with Crippen LogP contribution in [0.4, 0.5) is 5.13 Å². The highest BCUT2D eigenvalue weighted by atomic mass is 32.1. The van der Waals surface area contributed by atoms with E-state index in [1.165, 1.54) is 0 Å². The van der Waals surface area contributed by atoms with Gasteiger partial charge in [0.15, 0.2) is 5.13 Å². The highest BCUT2D eigenvalue weighted by molar-refractivity contribution is 7.17. The molecule has 0 bridgehead atoms. The maximum atomic E-state index is 12.1. The van der Waals surface area contributed by atoms with E-state index >= 15 is 0 Å². The van der Waals surface area contributed by atoms with Crippen LogP contribution in [0.2, 0.25) is 0 Å². The summed E-state index contributed by atoms with van der Waals surface area (Å²) in [7, 11) is 0. The van der Waals surface area contributed by atoms with Gasteiger partial charge in [-0.2, -0.15) is 0 Å². The molecule has 0 spiro atoms. The lowest BCUT2D eigenvalue weighted by Gasteiger charge is -2.15. The minimum absolute atomic E-state index is 0.00440. The second-order valence-electron chi connectivity index (χ2n) is 4.62. The first-order chi connectivity index (χ1) is 9.61. The van der Waals surface area contributed by atoms with Crippen molar-refractivity contribution in [2.45, 2.75) is 33.1 Å². The number of carbonyl (C=O) groups is 2. The van der Waals surface area contributed by atoms with Gasteiger partial charge in [-0.3, -0.25) is 4.79 Å². The van der Waals surface area contributed by atoms with E-state index in [1.54, 1.807) is 13.8 Å². The number of aryl methyl sites for hydroxylation is 1. The number of nitrogens with one attached hydrogen (secondary N) is 1. The van der Waals surface area contributed by atoms with Gasteiger partial charge in [-0.1, -0.05) is 23.5 Å². The van der Waals surface area contributed by atoms with Crippen LogP contribution in [-0.2, 0) is 9.53 Å². The zero-order valence-corrected chi connectivity index (χ0v) is 12.5. The lowest BCUT2D eigenvalue weighted by Crippen LogP contribution is -2.23. The Morgan fingerprint density at radius 1 is 1.50 bits per heavy atom. The van der Waals surface area contributed by atoms with E-state index in [2.05, 4.69) is 16.4 Å². The Balaban J connectivity index is 2.03. The summed E-state index contributed by atoms with van der Waals surface area (Å²) in [5.41, 5.74) is 0.590. The van der Waals surface area contributed by atoms with Gasteiger partial charge in [0.05, 0.1) is 12.3 Å². The number of allylic oxidation sites excluding steroid dienone is 2. The molecule has 0 aliphatic heterocycles. The largest absolute Gasteiger partial charge is 0.462 e. The van der Waals surface area contributed by atoms with Crippen molar-refractivity contribution < 1.29 is 14.3 Å². The first kappa shape index (κ1) is 14.7. The summed E-state index contributed by atoms with van der Waals surface area (Å²) in [5, 5.41) is 3.26. The summed E-state index contributed by atoms with van der Waals surface area (Å²) in [6.45, 7) is 3.82. The van der Waals surface area contributed by atoms with Crippen LogP contribution in [0.1, 0.15) is 41.6 Å². The van der Waals surface area contributed by atoms with Crippen LogP contribution in [0.5, 0.6) is 0 Å². The molecule has 1 heterocycles. The maximum Gasteiger partial charge on any atom is 0.350 e. The molecule has 1 aliphatic carbocycles. The molecule has 2 rings (SSSR count). The van der Waals surface area contributed by atoms with Crippen molar-refractivity contribution in [3.05, 3.63) is 22.7 Å². The first-order valence-corrected chi connectivity index (χ1v) is 7.54. The second kappa shape index (κ2) is 6.65. The molecule has 6 heteroatoms. The van der Waals surface area contributed by atoms with Gasteiger partial charge in [0, 0.05) is 5.92 Å². The predicted molar refractivity (Wildman–Crippen MR) is 77.9 cm³/mol. The maximum absolute atomic E-state index is 12.1. The molecule has 0 aromatic carbocycles. The molecule has 1 aromatic rings. The van der Waals surface area contributed by atoms with Crippen molar-refractivity contribution in [1.29, 1.82) is 0 Å². The number of thiazole rings is 1. The Hall–Kier alpha value is -1.69. The Labute approximate surface area is 122 Å². The molecule has 1 aromatic heterocycles. The smallest absolute Gasteiger partial charge is 0.350 e. The molecule has 0 unspecified atom stereocenters. The highest BCUT2D eigenvalue weighted by Crippen LogP contribution is 2.25. The Morgan fingerprint density at radius 3 is 2.95 bits per heavy atom. The number of amides is 1. The van der Waals surface area contributed by atoms with Crippen LogP contribution >= 0.6 is 11.3 Å². The third-order valence-electron chi connectivity index (χ3n) is 3.13. The molecule has 1 N–H and O–H groups in total. The summed E-state index contributed by atoms with van der Waals surface area (Å²) in [5.74, 6) is -0.419. The second-order valence-corrected chi connectivity index (χ2v) is 5.62. The predicted octanol–water partition coefficient (Wildman–Crippen LogP) is 2.92. The average Bonchev–Trinajstić information content (AvgIpc) is 2.81. The SMILES string of the molecule is CCOC(=O)c1sc(NC(=O)[C@@H]2CC=CCC2)nc1C. The Morgan fingerprint density at radius 2 is 2.30 bits per heavy atom. The van der Waals surface area contributed by atoms with Crippen molar-refractivity contribution in [3.63, 3.8) is 0 Å². The number of esters is 1. The van der Waals surface area contributed by atoms with Crippen LogP contribution < -0.4 is 5.32 Å². The van der Waals surface area contributed by atoms with Crippen molar-refractivity contribution in [1.82, 2.24) is 4.98 Å². The number of hydrogen-bond donors (Lipinski definition) is 1. The van der Waals surface area contributed by atoms with E-state index in [9.17, 15) is 9.59 Å². The summed E-state index contributed by atoms with van der Waals surface area (Å²) >= 11 is 1.16. The number of hydrogen-bond acceptors (Lipinski definition) is 5. The van der Waals surface area contributed by atoms with Gasteiger partial charge in [-0.15, -0.1) is 0 Å². The lowest BCUT2D eigenvalue weighted by atomic mass is 9.94. The van der Waals surface area contributed by atoms with E-state index in [0.29, 0.717) is 22.3 Å². The lowest BCUT2D eigenvalue weighted by molar-refractivity contribution is -0.120. The average molecular weight is 294 g/mol. The Bertz CT molecular complexity index is 537. The molecule has 0 saturated heterocycles. The van der Waals surface area contributed by atoms with Crippen molar-refractivity contribution in [2.75, 3.05) is 11.9 Å². The fraction of sp³-hybridized carbons (Fsp3) is 0.500. The molecule has 20 heavy (non-hydrogen) atoms. The van der Waals surface area contributed by atoms with E-state index in [4.69, 9.17) is 4.74 Å². The summed E-state index contributed by atoms with van der Waals surface area (Å²) in [6.07, 6.45) is 6.68. The summed E-state index contributed by atoms with van der Waals surface area (Å²) in [4.78, 5) is 28.4. The fourth-order valence-electron chi connectivity index (χ4n) is 2.08. The standard InChI is InChI=1S/C14H18N2O3S/c1-3-19-13(18)11-9(2)15-14(20-11)16-12(17)10-7-5-4-6-8-10/h4-5,10H,3,6-8H2,1-2H3,(H,15,16,17)/t10-/m1/s1. The van der Waals surface area contributed by atoms with Crippen LogP contribution in [0.15, 0.2) is 12.2 Å². The number of carbonyl (C=O) groups excluding carboxylic acids is 2. The van der Waals surface area contributed by atoms with Crippen LogP contribution in [0.3, 0.4) is 0 Å². The molecule has 0 saturated carbocycles. The van der Waals surface area contributed by atoms with E-state index < -0.39 is 0 Å². The van der Waals surface area contributed by atoms with Gasteiger partial charge in [-0.25, -0.2) is 9.78 Å². The van der Waals surface area contributed by atoms with E-state index in [-0.39, 0.29) is 17.8 Å². The quantitative estimate of drug-likeness (QED) is 0.685. The number of anilines is 1. The number of nitrogens with zero attached hydrogens (tertiary/aromatic N) is 1. The van der Waals surface area contributed by atoms with Gasteiger partial charge < -0.3 is 10.1 Å². The molecule has 1 aliphatic rings. The third kappa shape index (κ3) is 3.45. The van der Waals surface area contributed by atoms with E-state index in [1.807, 2.05) is 6.08 Å². The molecular formula is C14H18N2O3S. The van der Waals surface area contributed by atoms with Gasteiger partial charge in [0.1, 0.15) is 4.88 Å². The van der Waals surface area contributed by atoms with Crippen LogP contribution in [0, 0.1) is 12.8 Å². The zero-order valence-electron chi connectivity index (χ0n) is 11.6. The zero-order chi connectivity index (χ0) is 14.5. The molecule has 1 atom stereocenters. The molecular weight excluding hydrogens is 276 g/mol. The van der Waals surface area contributed by atoms with Gasteiger partial charge >= 0.3 is 5.97 Å².